The number of aryl methyl sites for hydroxylation is 6. The van der Waals surface area contributed by atoms with Crippen LogP contribution in [0.3, 0.4) is 0 Å². The van der Waals surface area contributed by atoms with Crippen molar-refractivity contribution in [3.05, 3.63) is 164 Å². The van der Waals surface area contributed by atoms with Gasteiger partial charge < -0.3 is 9.80 Å². The topological polar surface area (TPSA) is 6.48 Å². The summed E-state index contributed by atoms with van der Waals surface area (Å²) in [7, 11) is 0. The lowest BCUT2D eigenvalue weighted by Crippen LogP contribution is -2.39. The van der Waals surface area contributed by atoms with E-state index >= 15 is 0 Å². The molecule has 0 heterocycles. The molecule has 2 nitrogen and oxygen atoms in total. The number of hydrogen-bond donors (Lipinski definition) is 0. The second-order valence-electron chi connectivity index (χ2n) is 17.0. The Labute approximate surface area is 312 Å². The van der Waals surface area contributed by atoms with Crippen molar-refractivity contribution in [3.63, 3.8) is 0 Å². The predicted molar refractivity (Wildman–Crippen MR) is 224 cm³/mol. The van der Waals surface area contributed by atoms with Crippen LogP contribution in [0, 0.1) is 58.3 Å². The van der Waals surface area contributed by atoms with Gasteiger partial charge in [-0.05, 0) is 171 Å². The Balaban J connectivity index is 1.32. The van der Waals surface area contributed by atoms with E-state index < -0.39 is 0 Å². The summed E-state index contributed by atoms with van der Waals surface area (Å²) in [6.45, 7) is 23.0. The molecule has 4 aromatic rings. The summed E-state index contributed by atoms with van der Waals surface area (Å²) >= 11 is 0. The first-order chi connectivity index (χ1) is 24.8. The minimum atomic E-state index is -0.278. The van der Waals surface area contributed by atoms with E-state index in [1.165, 1.54) is 96.2 Å². The van der Waals surface area contributed by atoms with Crippen LogP contribution < -0.4 is 9.80 Å². The van der Waals surface area contributed by atoms with Crippen LogP contribution in [0.2, 0.25) is 0 Å². The monoisotopic (exact) mass is 682 g/mol. The molecule has 0 amide bonds. The molecule has 0 aromatic heterocycles. The Kier molecular flexibility index (Phi) is 8.18. The Morgan fingerprint density at radius 1 is 0.615 bits per heavy atom. The second-order valence-corrected chi connectivity index (χ2v) is 17.0. The van der Waals surface area contributed by atoms with Gasteiger partial charge in [0.05, 0.1) is 5.69 Å². The highest BCUT2D eigenvalue weighted by atomic mass is 15.2. The molecule has 0 aliphatic heterocycles. The third-order valence-electron chi connectivity index (χ3n) is 13.2. The van der Waals surface area contributed by atoms with Crippen molar-refractivity contribution in [1.82, 2.24) is 0 Å². The molecule has 0 saturated heterocycles. The number of allylic oxidation sites excluding steroid dienone is 7. The van der Waals surface area contributed by atoms with Gasteiger partial charge in [0, 0.05) is 45.4 Å². The zero-order valence-electron chi connectivity index (χ0n) is 32.9. The molecule has 4 aliphatic rings. The highest BCUT2D eigenvalue weighted by Gasteiger charge is 2.47. The molecule has 4 aliphatic carbocycles. The van der Waals surface area contributed by atoms with Crippen LogP contribution in [-0.4, -0.2) is 0 Å². The minimum absolute atomic E-state index is 0.124. The van der Waals surface area contributed by atoms with Crippen LogP contribution in [0.25, 0.3) is 12.2 Å². The fraction of sp³-hybridized carbons (Fsp3) is 0.320. The quantitative estimate of drug-likeness (QED) is 0.200. The predicted octanol–water partition coefficient (Wildman–Crippen LogP) is 13.8. The third-order valence-corrected chi connectivity index (χ3v) is 13.2. The Morgan fingerprint density at radius 3 is 1.75 bits per heavy atom. The highest BCUT2D eigenvalue weighted by Crippen LogP contribution is 2.60. The lowest BCUT2D eigenvalue weighted by Gasteiger charge is -2.49. The first-order valence-corrected chi connectivity index (χ1v) is 19.3. The van der Waals surface area contributed by atoms with Gasteiger partial charge in [-0.3, -0.25) is 0 Å². The molecule has 0 N–H and O–H groups in total. The molecule has 0 fully saturated rings. The van der Waals surface area contributed by atoms with E-state index in [0.717, 1.165) is 6.42 Å². The molecular formula is C50H54N2. The van der Waals surface area contributed by atoms with Crippen LogP contribution in [0.5, 0.6) is 0 Å². The number of benzene rings is 4. The standard InChI is InChI=1S/C50H54N2/c1-31-11-18-40(27-34(31)4)51(43-21-14-37(7)49(8,9)30-43)45-23-16-38-25-26-50(10)46(24-17-39-15-22-44(45)47(38)48(39)50)52(41-19-12-32(2)35(5)28-41)42-20-13-33(3)36(6)29-42/h11-13,15-20,22-30,37,48H,14,21H2,1-10H3. The minimum Gasteiger partial charge on any atom is -0.314 e. The van der Waals surface area contributed by atoms with Crippen LogP contribution in [0.4, 0.5) is 22.7 Å². The van der Waals surface area contributed by atoms with Crippen LogP contribution in [-0.2, 0) is 0 Å². The molecule has 264 valence electrons. The molecule has 0 radical (unpaired) electrons. The molecular weight excluding hydrogens is 629 g/mol. The van der Waals surface area contributed by atoms with Crippen LogP contribution in [0.15, 0.2) is 114 Å². The van der Waals surface area contributed by atoms with Gasteiger partial charge in [-0.25, -0.2) is 0 Å². The van der Waals surface area contributed by atoms with Gasteiger partial charge in [-0.15, -0.1) is 0 Å². The molecule has 2 heteroatoms. The van der Waals surface area contributed by atoms with Crippen LogP contribution in [0.1, 0.15) is 96.5 Å². The maximum absolute atomic E-state index is 2.60. The lowest BCUT2D eigenvalue weighted by molar-refractivity contribution is 0.270. The molecule has 3 unspecified atom stereocenters. The number of rotatable bonds is 6. The highest BCUT2D eigenvalue weighted by molar-refractivity contribution is 5.87. The summed E-state index contributed by atoms with van der Waals surface area (Å²) in [6.07, 6.45) is 19.3. The fourth-order valence-corrected chi connectivity index (χ4v) is 9.02. The largest absolute Gasteiger partial charge is 0.314 e. The van der Waals surface area contributed by atoms with Gasteiger partial charge in [-0.1, -0.05) is 81.5 Å². The van der Waals surface area contributed by atoms with Crippen molar-refractivity contribution in [2.45, 2.75) is 88.0 Å². The smallest absolute Gasteiger partial charge is 0.0534 e. The summed E-state index contributed by atoms with van der Waals surface area (Å²) in [5, 5.41) is 0. The average molecular weight is 683 g/mol. The van der Waals surface area contributed by atoms with Crippen LogP contribution >= 0.6 is 0 Å². The van der Waals surface area contributed by atoms with Gasteiger partial charge in [0.2, 0.25) is 0 Å². The maximum atomic E-state index is 2.60. The normalized spacial score (nSPS) is 22.3. The van der Waals surface area contributed by atoms with E-state index in [1.807, 2.05) is 0 Å². The summed E-state index contributed by atoms with van der Waals surface area (Å²) in [6, 6.07) is 25.6. The van der Waals surface area contributed by atoms with Gasteiger partial charge >= 0.3 is 0 Å². The van der Waals surface area contributed by atoms with Gasteiger partial charge in [0.15, 0.2) is 0 Å². The molecule has 0 spiro atoms. The molecule has 4 aromatic carbocycles. The van der Waals surface area contributed by atoms with E-state index in [0.29, 0.717) is 5.92 Å². The van der Waals surface area contributed by atoms with Crippen molar-refractivity contribution in [1.29, 1.82) is 0 Å². The molecule has 0 saturated carbocycles. The average Bonchev–Trinajstić information content (AvgIpc) is 3.11. The van der Waals surface area contributed by atoms with Gasteiger partial charge in [0.1, 0.15) is 0 Å². The van der Waals surface area contributed by atoms with Crippen molar-refractivity contribution in [2.24, 2.45) is 16.7 Å². The maximum Gasteiger partial charge on any atom is 0.0534 e. The third kappa shape index (κ3) is 5.45. The summed E-state index contributed by atoms with van der Waals surface area (Å²) in [5.74, 6) is 0.828. The molecule has 3 atom stereocenters. The summed E-state index contributed by atoms with van der Waals surface area (Å²) < 4.78 is 0. The number of nitrogens with zero attached hydrogens (tertiary/aromatic N) is 2. The zero-order valence-corrected chi connectivity index (χ0v) is 32.9. The Morgan fingerprint density at radius 2 is 1.19 bits per heavy atom. The number of anilines is 4. The van der Waals surface area contributed by atoms with Crippen molar-refractivity contribution in [3.8, 4) is 0 Å². The van der Waals surface area contributed by atoms with Gasteiger partial charge in [-0.2, -0.15) is 0 Å². The first-order valence-electron chi connectivity index (χ1n) is 19.3. The van der Waals surface area contributed by atoms with E-state index in [2.05, 4.69) is 188 Å². The molecule has 52 heavy (non-hydrogen) atoms. The summed E-state index contributed by atoms with van der Waals surface area (Å²) in [5.41, 5.74) is 20.9. The Bertz CT molecular complexity index is 2240. The first kappa shape index (κ1) is 34.3. The van der Waals surface area contributed by atoms with Gasteiger partial charge in [0.25, 0.3) is 0 Å². The fourth-order valence-electron chi connectivity index (χ4n) is 9.02. The van der Waals surface area contributed by atoms with E-state index in [4.69, 9.17) is 0 Å². The van der Waals surface area contributed by atoms with Crippen molar-refractivity contribution >= 4 is 34.9 Å². The lowest BCUT2D eigenvalue weighted by atomic mass is 9.59. The molecule has 0 bridgehead atoms. The van der Waals surface area contributed by atoms with Crippen molar-refractivity contribution < 1.29 is 0 Å². The summed E-state index contributed by atoms with van der Waals surface area (Å²) in [4.78, 5) is 5.13. The Hall–Kier alpha value is -4.82. The van der Waals surface area contributed by atoms with Crippen molar-refractivity contribution in [2.75, 3.05) is 9.80 Å². The number of hydrogen-bond acceptors (Lipinski definition) is 2. The molecule has 8 rings (SSSR count). The second kappa shape index (κ2) is 12.4. The SMILES string of the molecule is Cc1ccc(N(C2=CC=C3C=Cc4c(N(C5=CC(C)(C)C(C)CC5)c5ccc(C)c(C)c5)ccc5c4C3C2(C)C=C5)c2ccc(C)c(C)c2)cc1C. The van der Waals surface area contributed by atoms with E-state index in [1.54, 1.807) is 0 Å². The van der Waals surface area contributed by atoms with E-state index in [-0.39, 0.29) is 16.7 Å². The zero-order chi connectivity index (χ0) is 36.7. The van der Waals surface area contributed by atoms with E-state index in [9.17, 15) is 0 Å².